The number of ketones is 1. The van der Waals surface area contributed by atoms with Gasteiger partial charge >= 0.3 is 0 Å². The largest absolute Gasteiger partial charge is 0.493 e. The van der Waals surface area contributed by atoms with E-state index in [2.05, 4.69) is 4.90 Å². The first-order chi connectivity index (χ1) is 16.6. The SMILES string of the molecule is COc1ccc2c(c1OC)=CN1CCc3cc4c(cc3C1C=2C(=O)c1ccccc1F)OCO4. The van der Waals surface area contributed by atoms with E-state index < -0.39 is 11.9 Å². The van der Waals surface area contributed by atoms with Crippen LogP contribution in [0.1, 0.15) is 27.5 Å². The third-order valence-electron chi connectivity index (χ3n) is 6.71. The van der Waals surface area contributed by atoms with E-state index in [1.165, 1.54) is 12.1 Å². The van der Waals surface area contributed by atoms with E-state index in [1.807, 2.05) is 24.4 Å². The van der Waals surface area contributed by atoms with Gasteiger partial charge in [0.15, 0.2) is 28.8 Å². The Morgan fingerprint density at radius 1 is 1.06 bits per heavy atom. The molecule has 6 nitrogen and oxygen atoms in total. The molecule has 0 spiro atoms. The van der Waals surface area contributed by atoms with Crippen molar-refractivity contribution in [1.29, 1.82) is 0 Å². The fraction of sp³-hybridized carbons (Fsp3) is 0.222. The lowest BCUT2D eigenvalue weighted by Gasteiger charge is -2.40. The number of ether oxygens (including phenoxy) is 4. The molecule has 6 rings (SSSR count). The van der Waals surface area contributed by atoms with Gasteiger partial charge in [-0.2, -0.15) is 0 Å². The van der Waals surface area contributed by atoms with Crippen LogP contribution in [0.25, 0.3) is 11.8 Å². The number of carbonyl (C=O) groups excluding carboxylic acids is 1. The van der Waals surface area contributed by atoms with Crippen molar-refractivity contribution in [3.05, 3.63) is 81.5 Å². The standard InChI is InChI=1S/C27H22FNO5/c1-31-21-8-7-16-19(27(21)32-2)13-29-10-9-15-11-22-23(34-14-33-22)12-18(15)25(29)24(16)26(30)17-5-3-4-6-20(17)28/h3-8,11-13,25H,9-10,14H2,1-2H3. The highest BCUT2D eigenvalue weighted by Gasteiger charge is 2.37. The minimum Gasteiger partial charge on any atom is -0.493 e. The summed E-state index contributed by atoms with van der Waals surface area (Å²) in [6.07, 6.45) is 2.77. The van der Waals surface area contributed by atoms with Crippen LogP contribution in [0.2, 0.25) is 0 Å². The van der Waals surface area contributed by atoms with Gasteiger partial charge in [0.05, 0.1) is 25.8 Å². The fourth-order valence-electron chi connectivity index (χ4n) is 5.15. The van der Waals surface area contributed by atoms with Gasteiger partial charge in [0, 0.05) is 23.5 Å². The Kier molecular flexibility index (Phi) is 4.72. The molecule has 0 N–H and O–H groups in total. The summed E-state index contributed by atoms with van der Waals surface area (Å²) in [7, 11) is 3.15. The quantitative estimate of drug-likeness (QED) is 0.560. The third-order valence-corrected chi connectivity index (χ3v) is 6.71. The highest BCUT2D eigenvalue weighted by atomic mass is 19.1. The van der Waals surface area contributed by atoms with Crippen LogP contribution in [-0.4, -0.2) is 38.2 Å². The second-order valence-corrected chi connectivity index (χ2v) is 8.41. The summed E-state index contributed by atoms with van der Waals surface area (Å²) in [6, 6.07) is 13.2. The van der Waals surface area contributed by atoms with Gasteiger partial charge in [-0.3, -0.25) is 4.79 Å². The van der Waals surface area contributed by atoms with Crippen LogP contribution in [-0.2, 0) is 6.42 Å². The molecule has 172 valence electrons. The molecule has 0 amide bonds. The molecule has 1 unspecified atom stereocenters. The van der Waals surface area contributed by atoms with Gasteiger partial charge < -0.3 is 23.8 Å². The zero-order valence-corrected chi connectivity index (χ0v) is 18.8. The van der Waals surface area contributed by atoms with Crippen LogP contribution >= 0.6 is 0 Å². The maximum Gasteiger partial charge on any atom is 0.231 e. The lowest BCUT2D eigenvalue weighted by Crippen LogP contribution is -2.46. The van der Waals surface area contributed by atoms with Crippen molar-refractivity contribution >= 4 is 17.6 Å². The molecule has 0 saturated carbocycles. The molecule has 3 aromatic carbocycles. The Bertz CT molecular complexity index is 1460. The van der Waals surface area contributed by atoms with Crippen molar-refractivity contribution in [1.82, 2.24) is 4.90 Å². The van der Waals surface area contributed by atoms with Gasteiger partial charge in [0.2, 0.25) is 6.79 Å². The maximum atomic E-state index is 14.8. The van der Waals surface area contributed by atoms with Crippen molar-refractivity contribution in [3.63, 3.8) is 0 Å². The first kappa shape index (κ1) is 20.6. The predicted molar refractivity (Wildman–Crippen MR) is 123 cm³/mol. The molecule has 34 heavy (non-hydrogen) atoms. The van der Waals surface area contributed by atoms with Crippen LogP contribution in [0, 0.1) is 5.82 Å². The van der Waals surface area contributed by atoms with Crippen LogP contribution in [0.3, 0.4) is 0 Å². The average molecular weight is 459 g/mol. The number of rotatable bonds is 4. The molecule has 0 saturated heterocycles. The summed E-state index contributed by atoms with van der Waals surface area (Å²) in [5, 5.41) is 1.43. The van der Waals surface area contributed by atoms with Crippen molar-refractivity contribution in [3.8, 4) is 23.0 Å². The van der Waals surface area contributed by atoms with Crippen molar-refractivity contribution in [2.45, 2.75) is 12.5 Å². The number of nitrogens with zero attached hydrogens (tertiary/aromatic N) is 1. The maximum absolute atomic E-state index is 14.8. The van der Waals surface area contributed by atoms with Gasteiger partial charge in [-0.15, -0.1) is 0 Å². The Hall–Kier alpha value is -4.00. The molecule has 0 aromatic heterocycles. The minimum atomic E-state index is -0.551. The molecule has 1 atom stereocenters. The number of hydrogen-bond acceptors (Lipinski definition) is 6. The van der Waals surface area contributed by atoms with E-state index in [0.29, 0.717) is 40.3 Å². The van der Waals surface area contributed by atoms with E-state index >= 15 is 0 Å². The summed E-state index contributed by atoms with van der Waals surface area (Å²) < 4.78 is 37.2. The number of hydrogen-bond donors (Lipinski definition) is 0. The summed E-state index contributed by atoms with van der Waals surface area (Å²) in [5.74, 6) is 1.55. The highest BCUT2D eigenvalue weighted by molar-refractivity contribution is 6.26. The van der Waals surface area contributed by atoms with Crippen molar-refractivity contribution < 1.29 is 28.1 Å². The molecule has 0 aliphatic carbocycles. The lowest BCUT2D eigenvalue weighted by atomic mass is 9.82. The first-order valence-electron chi connectivity index (χ1n) is 11.0. The Balaban J connectivity index is 1.67. The number of benzene rings is 3. The van der Waals surface area contributed by atoms with E-state index in [1.54, 1.807) is 32.4 Å². The van der Waals surface area contributed by atoms with Crippen molar-refractivity contribution in [2.24, 2.45) is 0 Å². The Labute approximate surface area is 195 Å². The monoisotopic (exact) mass is 459 g/mol. The Morgan fingerprint density at radius 2 is 1.85 bits per heavy atom. The predicted octanol–water partition coefficient (Wildman–Crippen LogP) is 2.96. The number of halogens is 1. The van der Waals surface area contributed by atoms with E-state index in [0.717, 1.165) is 22.8 Å². The third kappa shape index (κ3) is 2.96. The van der Waals surface area contributed by atoms with Crippen LogP contribution in [0.5, 0.6) is 23.0 Å². The molecule has 7 heteroatoms. The van der Waals surface area contributed by atoms with Crippen LogP contribution in [0.4, 0.5) is 4.39 Å². The number of Topliss-reactive ketones (excluding diaryl/α,β-unsaturated/α-hetero) is 1. The van der Waals surface area contributed by atoms with E-state index in [9.17, 15) is 9.18 Å². The summed E-state index contributed by atoms with van der Waals surface area (Å²) in [6.45, 7) is 0.842. The topological polar surface area (TPSA) is 57.2 Å². The second kappa shape index (κ2) is 7.80. The van der Waals surface area contributed by atoms with Gasteiger partial charge in [-0.25, -0.2) is 4.39 Å². The molecule has 3 aliphatic heterocycles. The number of fused-ring (bicyclic) bond motifs is 5. The molecule has 3 aliphatic rings. The highest BCUT2D eigenvalue weighted by Crippen LogP contribution is 2.44. The van der Waals surface area contributed by atoms with Crippen LogP contribution < -0.4 is 29.4 Å². The zero-order valence-electron chi connectivity index (χ0n) is 18.8. The van der Waals surface area contributed by atoms with Gasteiger partial charge in [0.25, 0.3) is 0 Å². The van der Waals surface area contributed by atoms with Crippen molar-refractivity contribution in [2.75, 3.05) is 27.6 Å². The van der Waals surface area contributed by atoms with E-state index in [4.69, 9.17) is 18.9 Å². The molecule has 0 radical (unpaired) electrons. The first-order valence-corrected chi connectivity index (χ1v) is 11.0. The fourth-order valence-corrected chi connectivity index (χ4v) is 5.15. The normalized spacial score (nSPS) is 17.3. The Morgan fingerprint density at radius 3 is 2.62 bits per heavy atom. The molecule has 3 heterocycles. The number of carbonyl (C=O) groups is 1. The van der Waals surface area contributed by atoms with Gasteiger partial charge in [-0.05, 0) is 59.2 Å². The van der Waals surface area contributed by atoms with Gasteiger partial charge in [-0.1, -0.05) is 12.1 Å². The second-order valence-electron chi connectivity index (χ2n) is 8.41. The summed E-state index contributed by atoms with van der Waals surface area (Å²) in [5.41, 5.74) is 2.56. The molecule has 0 fully saturated rings. The smallest absolute Gasteiger partial charge is 0.231 e. The lowest BCUT2D eigenvalue weighted by molar-refractivity contribution is 0.103. The average Bonchev–Trinajstić information content (AvgIpc) is 3.32. The number of methoxy groups -OCH3 is 2. The molecule has 0 bridgehead atoms. The summed E-state index contributed by atoms with van der Waals surface area (Å²) in [4.78, 5) is 16.1. The summed E-state index contributed by atoms with van der Waals surface area (Å²) >= 11 is 0. The van der Waals surface area contributed by atoms with E-state index in [-0.39, 0.29) is 18.1 Å². The molecular weight excluding hydrogens is 437 g/mol. The zero-order chi connectivity index (χ0) is 23.4. The van der Waals surface area contributed by atoms with Crippen LogP contribution in [0.15, 0.2) is 48.5 Å². The molecular formula is C27H22FNO5. The minimum absolute atomic E-state index is 0.0351. The molecule has 3 aromatic rings. The van der Waals surface area contributed by atoms with Gasteiger partial charge in [0.1, 0.15) is 5.82 Å².